The van der Waals surface area contributed by atoms with Gasteiger partial charge in [-0.2, -0.15) is 0 Å². The first-order valence-corrected chi connectivity index (χ1v) is 6.21. The van der Waals surface area contributed by atoms with Gasteiger partial charge in [-0.1, -0.05) is 13.8 Å². The van der Waals surface area contributed by atoms with Crippen LogP contribution in [0.1, 0.15) is 13.8 Å². The first-order chi connectivity index (χ1) is 7.84. The van der Waals surface area contributed by atoms with Crippen molar-refractivity contribution in [1.29, 1.82) is 0 Å². The second-order valence-electron chi connectivity index (χ2n) is 3.95. The maximum Gasteiger partial charge on any atom is 0.0946 e. The van der Waals surface area contributed by atoms with Crippen molar-refractivity contribution in [1.82, 2.24) is 19.4 Å². The highest BCUT2D eigenvalue weighted by molar-refractivity contribution is 4.75. The lowest BCUT2D eigenvalue weighted by Gasteiger charge is -2.32. The molecule has 2 heterocycles. The van der Waals surface area contributed by atoms with Crippen LogP contribution in [0.2, 0.25) is 0 Å². The van der Waals surface area contributed by atoms with Crippen LogP contribution in [-0.2, 0) is 6.54 Å². The smallest absolute Gasteiger partial charge is 0.0946 e. The lowest BCUT2D eigenvalue weighted by Crippen LogP contribution is -2.45. The summed E-state index contributed by atoms with van der Waals surface area (Å²) in [5.41, 5.74) is 0. The van der Waals surface area contributed by atoms with Gasteiger partial charge in [-0.05, 0) is 7.05 Å². The molecule has 92 valence electrons. The number of imidazole rings is 1. The normalized spacial score (nSPS) is 17.9. The van der Waals surface area contributed by atoms with Gasteiger partial charge in [0, 0.05) is 51.7 Å². The Morgan fingerprint density at radius 3 is 2.31 bits per heavy atom. The Hall–Kier alpha value is -0.870. The Bertz CT molecular complexity index is 250. The van der Waals surface area contributed by atoms with E-state index in [2.05, 4.69) is 26.4 Å². The van der Waals surface area contributed by atoms with Gasteiger partial charge in [0.1, 0.15) is 0 Å². The minimum absolute atomic E-state index is 1.06. The number of hydrogen-bond acceptors (Lipinski definition) is 3. The minimum Gasteiger partial charge on any atom is -0.336 e. The molecule has 0 aliphatic carbocycles. The van der Waals surface area contributed by atoms with E-state index in [-0.39, 0.29) is 0 Å². The predicted molar refractivity (Wildman–Crippen MR) is 67.5 cm³/mol. The molecular weight excluding hydrogens is 200 g/mol. The summed E-state index contributed by atoms with van der Waals surface area (Å²) in [5.74, 6) is 0. The van der Waals surface area contributed by atoms with Crippen LogP contribution >= 0.6 is 0 Å². The van der Waals surface area contributed by atoms with E-state index in [0.29, 0.717) is 0 Å². The van der Waals surface area contributed by atoms with Crippen molar-refractivity contribution in [3.05, 3.63) is 18.7 Å². The summed E-state index contributed by atoms with van der Waals surface area (Å²) >= 11 is 0. The average Bonchev–Trinajstić information content (AvgIpc) is 2.84. The SMILES string of the molecule is CC.CN1CCN(CCn2ccnc2)CC1. The van der Waals surface area contributed by atoms with Gasteiger partial charge in [0.05, 0.1) is 6.33 Å². The van der Waals surface area contributed by atoms with Gasteiger partial charge in [-0.25, -0.2) is 4.98 Å². The summed E-state index contributed by atoms with van der Waals surface area (Å²) in [6, 6.07) is 0. The maximum atomic E-state index is 4.03. The van der Waals surface area contributed by atoms with Crippen molar-refractivity contribution in [2.45, 2.75) is 20.4 Å². The van der Waals surface area contributed by atoms with Crippen LogP contribution in [0.25, 0.3) is 0 Å². The molecule has 0 radical (unpaired) electrons. The zero-order chi connectivity index (χ0) is 11.8. The Morgan fingerprint density at radius 2 is 1.75 bits per heavy atom. The molecule has 0 bridgehead atoms. The fourth-order valence-corrected chi connectivity index (χ4v) is 1.75. The summed E-state index contributed by atoms with van der Waals surface area (Å²) in [6.07, 6.45) is 5.75. The van der Waals surface area contributed by atoms with E-state index in [9.17, 15) is 0 Å². The molecule has 1 aliphatic heterocycles. The van der Waals surface area contributed by atoms with Crippen molar-refractivity contribution in [3.8, 4) is 0 Å². The van der Waals surface area contributed by atoms with Crippen molar-refractivity contribution in [2.24, 2.45) is 0 Å². The van der Waals surface area contributed by atoms with Gasteiger partial charge >= 0.3 is 0 Å². The summed E-state index contributed by atoms with van der Waals surface area (Å²) in [4.78, 5) is 8.93. The fraction of sp³-hybridized carbons (Fsp3) is 0.750. The molecule has 2 rings (SSSR count). The van der Waals surface area contributed by atoms with Crippen LogP contribution in [0.3, 0.4) is 0 Å². The molecular formula is C12H24N4. The van der Waals surface area contributed by atoms with Gasteiger partial charge in [-0.15, -0.1) is 0 Å². The Morgan fingerprint density at radius 1 is 1.06 bits per heavy atom. The Kier molecular flexibility index (Phi) is 6.11. The molecule has 0 atom stereocenters. The van der Waals surface area contributed by atoms with Crippen LogP contribution < -0.4 is 0 Å². The summed E-state index contributed by atoms with van der Waals surface area (Å²) in [7, 11) is 2.19. The molecule has 0 spiro atoms. The van der Waals surface area contributed by atoms with Crippen LogP contribution in [0.15, 0.2) is 18.7 Å². The van der Waals surface area contributed by atoms with E-state index in [0.717, 1.165) is 13.1 Å². The van der Waals surface area contributed by atoms with E-state index in [1.165, 1.54) is 26.2 Å². The highest BCUT2D eigenvalue weighted by Gasteiger charge is 2.12. The summed E-state index contributed by atoms with van der Waals surface area (Å²) < 4.78 is 2.14. The average molecular weight is 224 g/mol. The molecule has 16 heavy (non-hydrogen) atoms. The largest absolute Gasteiger partial charge is 0.336 e. The molecule has 1 aromatic rings. The molecule has 0 amide bonds. The van der Waals surface area contributed by atoms with E-state index in [4.69, 9.17) is 0 Å². The van der Waals surface area contributed by atoms with E-state index in [1.54, 1.807) is 0 Å². The zero-order valence-corrected chi connectivity index (χ0v) is 10.8. The van der Waals surface area contributed by atoms with Crippen molar-refractivity contribution >= 4 is 0 Å². The molecule has 1 aliphatic rings. The van der Waals surface area contributed by atoms with Crippen molar-refractivity contribution < 1.29 is 0 Å². The highest BCUT2D eigenvalue weighted by atomic mass is 15.3. The Labute approximate surface area is 98.9 Å². The lowest BCUT2D eigenvalue weighted by atomic mass is 10.3. The number of rotatable bonds is 3. The van der Waals surface area contributed by atoms with Crippen molar-refractivity contribution in [2.75, 3.05) is 39.8 Å². The zero-order valence-electron chi connectivity index (χ0n) is 10.8. The molecule has 1 saturated heterocycles. The standard InChI is InChI=1S/C10H18N4.C2H6/c1-12-4-6-13(7-5-12)8-9-14-3-2-11-10-14;1-2/h2-3,10H,4-9H2,1H3;1-2H3. The molecule has 1 aromatic heterocycles. The lowest BCUT2D eigenvalue weighted by molar-refractivity contribution is 0.150. The number of hydrogen-bond donors (Lipinski definition) is 0. The Balaban J connectivity index is 0.000000606. The molecule has 1 fully saturated rings. The molecule has 4 nitrogen and oxygen atoms in total. The monoisotopic (exact) mass is 224 g/mol. The summed E-state index contributed by atoms with van der Waals surface area (Å²) in [5, 5.41) is 0. The third-order valence-electron chi connectivity index (χ3n) is 2.83. The quantitative estimate of drug-likeness (QED) is 0.770. The van der Waals surface area contributed by atoms with Crippen LogP contribution in [-0.4, -0.2) is 59.1 Å². The van der Waals surface area contributed by atoms with E-state index < -0.39 is 0 Å². The van der Waals surface area contributed by atoms with E-state index in [1.807, 2.05) is 32.6 Å². The maximum absolute atomic E-state index is 4.03. The molecule has 4 heteroatoms. The minimum atomic E-state index is 1.06. The second-order valence-corrected chi connectivity index (χ2v) is 3.95. The molecule has 0 N–H and O–H groups in total. The summed E-state index contributed by atoms with van der Waals surface area (Å²) in [6.45, 7) is 11.0. The first-order valence-electron chi connectivity index (χ1n) is 6.21. The van der Waals surface area contributed by atoms with Gasteiger partial charge in [0.25, 0.3) is 0 Å². The van der Waals surface area contributed by atoms with Gasteiger partial charge < -0.3 is 9.47 Å². The van der Waals surface area contributed by atoms with Crippen molar-refractivity contribution in [3.63, 3.8) is 0 Å². The van der Waals surface area contributed by atoms with Crippen LogP contribution in [0, 0.1) is 0 Å². The number of likely N-dealkylation sites (N-methyl/N-ethyl adjacent to an activating group) is 1. The number of aromatic nitrogens is 2. The second kappa shape index (κ2) is 7.41. The topological polar surface area (TPSA) is 24.3 Å². The number of nitrogens with zero attached hydrogens (tertiary/aromatic N) is 4. The fourth-order valence-electron chi connectivity index (χ4n) is 1.75. The molecule has 0 unspecified atom stereocenters. The first kappa shape index (κ1) is 13.2. The number of piperazine rings is 1. The van der Waals surface area contributed by atoms with Gasteiger partial charge in [0.2, 0.25) is 0 Å². The van der Waals surface area contributed by atoms with E-state index >= 15 is 0 Å². The van der Waals surface area contributed by atoms with Crippen LogP contribution in [0.5, 0.6) is 0 Å². The highest BCUT2D eigenvalue weighted by Crippen LogP contribution is 1.99. The predicted octanol–water partition coefficient (Wildman–Crippen LogP) is 1.16. The van der Waals surface area contributed by atoms with Crippen LogP contribution in [0.4, 0.5) is 0 Å². The third kappa shape index (κ3) is 4.33. The van der Waals surface area contributed by atoms with Gasteiger partial charge in [0.15, 0.2) is 0 Å². The molecule has 0 saturated carbocycles. The third-order valence-corrected chi connectivity index (χ3v) is 2.83. The molecule has 0 aromatic carbocycles. The van der Waals surface area contributed by atoms with Gasteiger partial charge in [-0.3, -0.25) is 4.90 Å².